The first-order valence-electron chi connectivity index (χ1n) is 7.01. The molecule has 0 saturated heterocycles. The van der Waals surface area contributed by atoms with Crippen LogP contribution in [0.2, 0.25) is 0 Å². The molecule has 2 aromatic rings. The Balaban J connectivity index is 1.97. The van der Waals surface area contributed by atoms with E-state index in [0.717, 1.165) is 17.0 Å². The van der Waals surface area contributed by atoms with E-state index in [1.807, 2.05) is 6.26 Å². The fraction of sp³-hybridized carbons (Fsp3) is 0.176. The number of thioether (sulfide) groups is 1. The van der Waals surface area contributed by atoms with Crippen LogP contribution in [0.4, 0.5) is 14.5 Å². The monoisotopic (exact) mass is 351 g/mol. The molecule has 0 aliphatic rings. The van der Waals surface area contributed by atoms with Gasteiger partial charge < -0.3 is 10.1 Å². The third-order valence-electron chi connectivity index (χ3n) is 3.17. The van der Waals surface area contributed by atoms with E-state index in [1.54, 1.807) is 24.3 Å². The molecule has 2 aromatic carbocycles. The van der Waals surface area contributed by atoms with Crippen LogP contribution in [-0.2, 0) is 9.53 Å². The van der Waals surface area contributed by atoms with Crippen LogP contribution in [-0.4, -0.2) is 24.2 Å². The number of amides is 1. The summed E-state index contributed by atoms with van der Waals surface area (Å²) in [6.45, 7) is 1.39. The highest BCUT2D eigenvalue weighted by atomic mass is 32.2. The van der Waals surface area contributed by atoms with Gasteiger partial charge in [0.15, 0.2) is 17.7 Å². The second-order valence-corrected chi connectivity index (χ2v) is 5.77. The average molecular weight is 351 g/mol. The molecule has 0 aromatic heterocycles. The normalized spacial score (nSPS) is 11.7. The molecule has 0 bridgehead atoms. The number of carbonyl (C=O) groups excluding carboxylic acids is 2. The van der Waals surface area contributed by atoms with Crippen LogP contribution in [0.25, 0.3) is 0 Å². The number of benzene rings is 2. The van der Waals surface area contributed by atoms with Crippen molar-refractivity contribution < 1.29 is 23.1 Å². The van der Waals surface area contributed by atoms with Gasteiger partial charge in [-0.25, -0.2) is 13.6 Å². The van der Waals surface area contributed by atoms with Crippen LogP contribution in [0.15, 0.2) is 47.4 Å². The van der Waals surface area contributed by atoms with Crippen molar-refractivity contribution in [2.24, 2.45) is 0 Å². The average Bonchev–Trinajstić information content (AvgIpc) is 2.58. The number of hydrogen-bond acceptors (Lipinski definition) is 4. The molecule has 0 aliphatic carbocycles. The van der Waals surface area contributed by atoms with Crippen molar-refractivity contribution in [3.05, 3.63) is 59.7 Å². The predicted octanol–water partition coefficient (Wildman–Crippen LogP) is 3.87. The van der Waals surface area contributed by atoms with E-state index in [0.29, 0.717) is 5.56 Å². The highest BCUT2D eigenvalue weighted by molar-refractivity contribution is 7.98. The van der Waals surface area contributed by atoms with Crippen LogP contribution in [0.3, 0.4) is 0 Å². The van der Waals surface area contributed by atoms with Crippen molar-refractivity contribution in [1.29, 1.82) is 0 Å². The summed E-state index contributed by atoms with van der Waals surface area (Å²) in [5, 5.41) is 2.36. The van der Waals surface area contributed by atoms with E-state index >= 15 is 0 Å². The van der Waals surface area contributed by atoms with Gasteiger partial charge in [-0.05, 0) is 49.6 Å². The van der Waals surface area contributed by atoms with E-state index < -0.39 is 29.6 Å². The highest BCUT2D eigenvalue weighted by Gasteiger charge is 2.19. The van der Waals surface area contributed by atoms with Crippen LogP contribution >= 0.6 is 11.8 Å². The molecule has 0 spiro atoms. The molecule has 4 nitrogen and oxygen atoms in total. The molecule has 0 unspecified atom stereocenters. The zero-order chi connectivity index (χ0) is 17.7. The van der Waals surface area contributed by atoms with Crippen LogP contribution in [0.1, 0.15) is 17.3 Å². The topological polar surface area (TPSA) is 55.4 Å². The van der Waals surface area contributed by atoms with E-state index in [9.17, 15) is 18.4 Å². The molecule has 126 valence electrons. The first-order chi connectivity index (χ1) is 11.4. The van der Waals surface area contributed by atoms with Crippen LogP contribution in [0, 0.1) is 11.6 Å². The predicted molar refractivity (Wildman–Crippen MR) is 88.1 cm³/mol. The number of hydrogen-bond donors (Lipinski definition) is 1. The Bertz CT molecular complexity index is 750. The van der Waals surface area contributed by atoms with E-state index in [4.69, 9.17) is 4.74 Å². The zero-order valence-electron chi connectivity index (χ0n) is 13.0. The third kappa shape index (κ3) is 4.55. The summed E-state index contributed by atoms with van der Waals surface area (Å²) in [5.41, 5.74) is 0.395. The lowest BCUT2D eigenvalue weighted by Gasteiger charge is -2.14. The Morgan fingerprint density at radius 3 is 2.33 bits per heavy atom. The minimum atomic E-state index is -1.09. The summed E-state index contributed by atoms with van der Waals surface area (Å²) < 4.78 is 31.0. The van der Waals surface area contributed by atoms with Crippen molar-refractivity contribution in [1.82, 2.24) is 0 Å². The van der Waals surface area contributed by atoms with Gasteiger partial charge in [0.1, 0.15) is 0 Å². The number of carbonyl (C=O) groups is 2. The van der Waals surface area contributed by atoms with Crippen molar-refractivity contribution >= 4 is 29.3 Å². The lowest BCUT2D eigenvalue weighted by Crippen LogP contribution is -2.30. The second-order valence-electron chi connectivity index (χ2n) is 4.89. The van der Waals surface area contributed by atoms with Gasteiger partial charge in [0, 0.05) is 16.6 Å². The highest BCUT2D eigenvalue weighted by Crippen LogP contribution is 2.16. The van der Waals surface area contributed by atoms with Crippen LogP contribution < -0.4 is 5.32 Å². The van der Waals surface area contributed by atoms with Crippen molar-refractivity contribution in [2.75, 3.05) is 11.6 Å². The number of halogens is 2. The van der Waals surface area contributed by atoms with Gasteiger partial charge in [-0.15, -0.1) is 11.8 Å². The Hall–Kier alpha value is -2.41. The number of esters is 1. The van der Waals surface area contributed by atoms with Crippen molar-refractivity contribution in [3.8, 4) is 0 Å². The maximum absolute atomic E-state index is 13.1. The standard InChI is InChI=1S/C17H15F2NO3S/c1-10(16(21)20-12-5-8-14(18)15(19)9-12)23-17(22)11-3-6-13(24-2)7-4-11/h3-10H,1-2H3,(H,20,21)/t10-/m1/s1. The molecule has 0 fully saturated rings. The van der Waals surface area contributed by atoms with E-state index in [-0.39, 0.29) is 5.69 Å². The van der Waals surface area contributed by atoms with Crippen molar-refractivity contribution in [3.63, 3.8) is 0 Å². The van der Waals surface area contributed by atoms with Gasteiger partial charge in [0.2, 0.25) is 0 Å². The zero-order valence-corrected chi connectivity index (χ0v) is 13.8. The molecular weight excluding hydrogens is 336 g/mol. The first kappa shape index (κ1) is 17.9. The summed E-state index contributed by atoms with van der Waals surface area (Å²) >= 11 is 1.54. The summed E-state index contributed by atoms with van der Waals surface area (Å²) in [6.07, 6.45) is 0.823. The maximum Gasteiger partial charge on any atom is 0.338 e. The number of nitrogens with one attached hydrogen (secondary N) is 1. The van der Waals surface area contributed by atoms with E-state index in [1.165, 1.54) is 24.8 Å². The number of anilines is 1. The van der Waals surface area contributed by atoms with Gasteiger partial charge in [-0.2, -0.15) is 0 Å². The minimum absolute atomic E-state index is 0.0751. The molecule has 24 heavy (non-hydrogen) atoms. The third-order valence-corrected chi connectivity index (χ3v) is 3.91. The van der Waals surface area contributed by atoms with Gasteiger partial charge in [0.05, 0.1) is 5.56 Å². The summed E-state index contributed by atoms with van der Waals surface area (Å²) in [4.78, 5) is 25.0. The van der Waals surface area contributed by atoms with Gasteiger partial charge >= 0.3 is 5.97 Å². The molecule has 1 N–H and O–H groups in total. The quantitative estimate of drug-likeness (QED) is 0.656. The van der Waals surface area contributed by atoms with Gasteiger partial charge in [0.25, 0.3) is 5.91 Å². The molecule has 0 aliphatic heterocycles. The van der Waals surface area contributed by atoms with E-state index in [2.05, 4.69) is 5.32 Å². The molecule has 0 heterocycles. The Labute approximate surface area is 142 Å². The lowest BCUT2D eigenvalue weighted by atomic mass is 10.2. The molecular formula is C17H15F2NO3S. The van der Waals surface area contributed by atoms with Gasteiger partial charge in [-0.3, -0.25) is 4.79 Å². The summed E-state index contributed by atoms with van der Waals surface area (Å²) in [6, 6.07) is 9.71. The Morgan fingerprint density at radius 1 is 1.08 bits per heavy atom. The molecule has 1 amide bonds. The summed E-state index contributed by atoms with van der Waals surface area (Å²) in [5.74, 6) is -3.38. The Kier molecular flexibility index (Phi) is 5.92. The molecule has 2 rings (SSSR count). The fourth-order valence-corrected chi connectivity index (χ4v) is 2.24. The minimum Gasteiger partial charge on any atom is -0.449 e. The smallest absolute Gasteiger partial charge is 0.338 e. The van der Waals surface area contributed by atoms with Crippen LogP contribution in [0.5, 0.6) is 0 Å². The first-order valence-corrected chi connectivity index (χ1v) is 8.24. The summed E-state index contributed by atoms with van der Waals surface area (Å²) in [7, 11) is 0. The Morgan fingerprint density at radius 2 is 1.75 bits per heavy atom. The lowest BCUT2D eigenvalue weighted by molar-refractivity contribution is -0.123. The number of rotatable bonds is 5. The second kappa shape index (κ2) is 7.92. The number of ether oxygens (including phenoxy) is 1. The van der Waals surface area contributed by atoms with Gasteiger partial charge in [-0.1, -0.05) is 0 Å². The molecule has 7 heteroatoms. The maximum atomic E-state index is 13.1. The SMILES string of the molecule is CSc1ccc(C(=O)O[C@H](C)C(=O)Nc2ccc(F)c(F)c2)cc1. The fourth-order valence-electron chi connectivity index (χ4n) is 1.83. The molecule has 0 radical (unpaired) electrons. The molecule has 0 saturated carbocycles. The van der Waals surface area contributed by atoms with Crippen molar-refractivity contribution in [2.45, 2.75) is 17.9 Å². The largest absolute Gasteiger partial charge is 0.449 e. The molecule has 1 atom stereocenters.